The third kappa shape index (κ3) is 3.40. The van der Waals surface area contributed by atoms with Crippen LogP contribution in [-0.2, 0) is 17.7 Å². The zero-order chi connectivity index (χ0) is 10.4. The van der Waals surface area contributed by atoms with Crippen molar-refractivity contribution in [3.05, 3.63) is 23.8 Å². The molecule has 0 spiro atoms. The van der Waals surface area contributed by atoms with Crippen molar-refractivity contribution in [2.75, 3.05) is 14.2 Å². The Balaban J connectivity index is 2.54. The van der Waals surface area contributed by atoms with Gasteiger partial charge in [-0.1, -0.05) is 0 Å². The molecule has 4 heteroatoms. The van der Waals surface area contributed by atoms with Crippen molar-refractivity contribution >= 4 is 0 Å². The van der Waals surface area contributed by atoms with Crippen molar-refractivity contribution in [2.45, 2.75) is 26.0 Å². The molecule has 0 fully saturated rings. The summed E-state index contributed by atoms with van der Waals surface area (Å²) in [5, 5.41) is 3.05. The molecule has 0 saturated heterocycles. The second-order valence-electron chi connectivity index (χ2n) is 3.29. The lowest BCUT2D eigenvalue weighted by atomic mass is 10.2. The Morgan fingerprint density at radius 2 is 2.07 bits per heavy atom. The smallest absolute Gasteiger partial charge is 0.130 e. The van der Waals surface area contributed by atoms with Crippen molar-refractivity contribution in [1.29, 1.82) is 0 Å². The highest BCUT2D eigenvalue weighted by molar-refractivity contribution is 5.05. The van der Waals surface area contributed by atoms with Crippen LogP contribution in [0.15, 0.2) is 12.4 Å². The van der Waals surface area contributed by atoms with Crippen molar-refractivity contribution in [3.8, 4) is 0 Å². The molecule has 0 radical (unpaired) electrons. The van der Waals surface area contributed by atoms with Gasteiger partial charge in [0.25, 0.3) is 0 Å². The second-order valence-corrected chi connectivity index (χ2v) is 3.29. The maximum Gasteiger partial charge on any atom is 0.130 e. The molecule has 0 aliphatic heterocycles. The summed E-state index contributed by atoms with van der Waals surface area (Å²) in [6, 6.07) is 0. The molecule has 0 aliphatic rings. The zero-order valence-corrected chi connectivity index (χ0v) is 8.95. The van der Waals surface area contributed by atoms with E-state index in [-0.39, 0.29) is 6.10 Å². The van der Waals surface area contributed by atoms with Crippen molar-refractivity contribution in [2.24, 2.45) is 0 Å². The molecule has 0 amide bonds. The summed E-state index contributed by atoms with van der Waals surface area (Å²) in [7, 11) is 3.60. The summed E-state index contributed by atoms with van der Waals surface area (Å²) in [5.74, 6) is 0.833. The highest BCUT2D eigenvalue weighted by Gasteiger charge is 2.03. The van der Waals surface area contributed by atoms with Crippen LogP contribution in [-0.4, -0.2) is 30.2 Å². The molecule has 1 N–H and O–H groups in total. The average molecular weight is 195 g/mol. The summed E-state index contributed by atoms with van der Waals surface area (Å²) in [6.07, 6.45) is 4.63. The lowest BCUT2D eigenvalue weighted by Gasteiger charge is -2.07. The minimum atomic E-state index is 0.171. The summed E-state index contributed by atoms with van der Waals surface area (Å²) in [5.41, 5.74) is 1.10. The van der Waals surface area contributed by atoms with Crippen LogP contribution in [0.25, 0.3) is 0 Å². The van der Waals surface area contributed by atoms with E-state index in [4.69, 9.17) is 4.74 Å². The van der Waals surface area contributed by atoms with Crippen molar-refractivity contribution in [1.82, 2.24) is 15.3 Å². The molecule has 1 aromatic rings. The van der Waals surface area contributed by atoms with Crippen LogP contribution < -0.4 is 5.32 Å². The molecule has 0 aromatic carbocycles. The van der Waals surface area contributed by atoms with E-state index in [1.165, 1.54) is 0 Å². The van der Waals surface area contributed by atoms with Gasteiger partial charge in [-0.15, -0.1) is 0 Å². The Morgan fingerprint density at radius 3 is 2.57 bits per heavy atom. The molecule has 1 atom stereocenters. The van der Waals surface area contributed by atoms with Crippen LogP contribution in [0.4, 0.5) is 0 Å². The molecule has 1 unspecified atom stereocenters. The first kappa shape index (κ1) is 11.1. The van der Waals surface area contributed by atoms with E-state index in [2.05, 4.69) is 15.3 Å². The number of nitrogens with one attached hydrogen (secondary N) is 1. The van der Waals surface area contributed by atoms with Gasteiger partial charge in [0.2, 0.25) is 0 Å². The average Bonchev–Trinajstić information content (AvgIpc) is 2.21. The molecular formula is C10H17N3O. The molecular weight excluding hydrogens is 178 g/mol. The molecule has 0 aliphatic carbocycles. The molecule has 0 bridgehead atoms. The van der Waals surface area contributed by atoms with Crippen LogP contribution in [0.1, 0.15) is 18.3 Å². The first-order chi connectivity index (χ1) is 6.76. The van der Waals surface area contributed by atoms with Gasteiger partial charge in [0, 0.05) is 38.0 Å². The van der Waals surface area contributed by atoms with Crippen LogP contribution in [0, 0.1) is 0 Å². The van der Waals surface area contributed by atoms with Crippen LogP contribution in [0.5, 0.6) is 0 Å². The normalized spacial score (nSPS) is 12.8. The minimum Gasteiger partial charge on any atom is -0.381 e. The quantitative estimate of drug-likeness (QED) is 0.754. The SMILES string of the molecule is CNCc1cnc(CC(C)OC)nc1. The minimum absolute atomic E-state index is 0.171. The van der Waals surface area contributed by atoms with E-state index < -0.39 is 0 Å². The van der Waals surface area contributed by atoms with Gasteiger partial charge in [-0.05, 0) is 14.0 Å². The number of hydrogen-bond acceptors (Lipinski definition) is 4. The van der Waals surface area contributed by atoms with Crippen LogP contribution in [0.3, 0.4) is 0 Å². The highest BCUT2D eigenvalue weighted by Crippen LogP contribution is 2.00. The van der Waals surface area contributed by atoms with Gasteiger partial charge in [0.1, 0.15) is 5.82 Å². The third-order valence-corrected chi connectivity index (χ3v) is 2.01. The highest BCUT2D eigenvalue weighted by atomic mass is 16.5. The lowest BCUT2D eigenvalue weighted by molar-refractivity contribution is 0.117. The second kappa shape index (κ2) is 5.67. The first-order valence-electron chi connectivity index (χ1n) is 4.73. The first-order valence-corrected chi connectivity index (χ1v) is 4.73. The summed E-state index contributed by atoms with van der Waals surface area (Å²) in [4.78, 5) is 8.51. The zero-order valence-electron chi connectivity index (χ0n) is 8.95. The topological polar surface area (TPSA) is 47.0 Å². The van der Waals surface area contributed by atoms with Gasteiger partial charge in [0.05, 0.1) is 6.10 Å². The summed E-state index contributed by atoms with van der Waals surface area (Å²) >= 11 is 0. The number of aromatic nitrogens is 2. The van der Waals surface area contributed by atoms with Gasteiger partial charge in [-0.2, -0.15) is 0 Å². The van der Waals surface area contributed by atoms with Crippen LogP contribution in [0.2, 0.25) is 0 Å². The van der Waals surface area contributed by atoms with E-state index in [0.29, 0.717) is 0 Å². The Kier molecular flexibility index (Phi) is 4.49. The maximum absolute atomic E-state index is 5.14. The predicted octanol–water partition coefficient (Wildman–Crippen LogP) is 0.773. The fourth-order valence-corrected chi connectivity index (χ4v) is 1.12. The monoisotopic (exact) mass is 195 g/mol. The fraction of sp³-hybridized carbons (Fsp3) is 0.600. The van der Waals surface area contributed by atoms with Gasteiger partial charge in [0.15, 0.2) is 0 Å². The van der Waals surface area contributed by atoms with E-state index in [0.717, 1.165) is 24.4 Å². The number of nitrogens with zero attached hydrogens (tertiary/aromatic N) is 2. The largest absolute Gasteiger partial charge is 0.381 e. The Hall–Kier alpha value is -1.00. The summed E-state index contributed by atoms with van der Waals surface area (Å²) in [6.45, 7) is 2.81. The molecule has 1 aromatic heterocycles. The van der Waals surface area contributed by atoms with Gasteiger partial charge in [-0.3, -0.25) is 0 Å². The number of rotatable bonds is 5. The number of ether oxygens (including phenoxy) is 1. The lowest BCUT2D eigenvalue weighted by Crippen LogP contribution is -2.12. The van der Waals surface area contributed by atoms with Gasteiger partial charge >= 0.3 is 0 Å². The van der Waals surface area contributed by atoms with E-state index >= 15 is 0 Å². The Morgan fingerprint density at radius 1 is 1.43 bits per heavy atom. The number of methoxy groups -OCH3 is 1. The predicted molar refractivity (Wildman–Crippen MR) is 55.0 cm³/mol. The van der Waals surface area contributed by atoms with E-state index in [9.17, 15) is 0 Å². The molecule has 0 saturated carbocycles. The Bertz CT molecular complexity index is 261. The Labute approximate surface area is 84.7 Å². The molecule has 78 valence electrons. The van der Waals surface area contributed by atoms with E-state index in [1.54, 1.807) is 7.11 Å². The van der Waals surface area contributed by atoms with Crippen molar-refractivity contribution in [3.63, 3.8) is 0 Å². The fourth-order valence-electron chi connectivity index (χ4n) is 1.12. The number of hydrogen-bond donors (Lipinski definition) is 1. The molecule has 14 heavy (non-hydrogen) atoms. The van der Waals surface area contributed by atoms with Crippen molar-refractivity contribution < 1.29 is 4.74 Å². The van der Waals surface area contributed by atoms with E-state index in [1.807, 2.05) is 26.4 Å². The molecule has 1 heterocycles. The van der Waals surface area contributed by atoms with Crippen LogP contribution >= 0.6 is 0 Å². The maximum atomic E-state index is 5.14. The summed E-state index contributed by atoms with van der Waals surface area (Å²) < 4.78 is 5.14. The third-order valence-electron chi connectivity index (χ3n) is 2.01. The standard InChI is InChI=1S/C10H17N3O/c1-8(14-3)4-10-12-6-9(5-11-2)7-13-10/h6-8,11H,4-5H2,1-3H3. The molecule has 1 rings (SSSR count). The van der Waals surface area contributed by atoms with Gasteiger partial charge in [-0.25, -0.2) is 9.97 Å². The molecule has 4 nitrogen and oxygen atoms in total. The van der Waals surface area contributed by atoms with Gasteiger partial charge < -0.3 is 10.1 Å².